The summed E-state index contributed by atoms with van der Waals surface area (Å²) in [6, 6.07) is 8.79. The first-order valence-corrected chi connectivity index (χ1v) is 9.97. The van der Waals surface area contributed by atoms with Gasteiger partial charge in [0.2, 0.25) is 0 Å². The molecule has 0 aromatic heterocycles. The van der Waals surface area contributed by atoms with Gasteiger partial charge in [-0.3, -0.25) is 4.90 Å². The standard InChI is InChI=1S/C21H33N3O/c1-3-24(16-20-8-9-20)21(25)22-14-18-4-6-19(7-5-18)15-23-12-10-17(2)11-13-23/h4-7,17,20H,3,8-16H2,1-2H3,(H,22,25). The van der Waals surface area contributed by atoms with Gasteiger partial charge in [-0.25, -0.2) is 4.79 Å². The molecule has 1 aliphatic carbocycles. The molecule has 2 amide bonds. The molecule has 1 aromatic rings. The van der Waals surface area contributed by atoms with Crippen LogP contribution in [0.3, 0.4) is 0 Å². The van der Waals surface area contributed by atoms with Gasteiger partial charge in [0, 0.05) is 26.2 Å². The van der Waals surface area contributed by atoms with Crippen LogP contribution in [0.2, 0.25) is 0 Å². The lowest BCUT2D eigenvalue weighted by atomic mass is 9.99. The van der Waals surface area contributed by atoms with Crippen molar-refractivity contribution in [3.63, 3.8) is 0 Å². The molecule has 1 heterocycles. The first-order chi connectivity index (χ1) is 12.1. The Kier molecular flexibility index (Phi) is 6.35. The number of carbonyl (C=O) groups is 1. The Bertz CT molecular complexity index is 545. The van der Waals surface area contributed by atoms with Gasteiger partial charge < -0.3 is 10.2 Å². The van der Waals surface area contributed by atoms with Crippen molar-refractivity contribution in [1.82, 2.24) is 15.1 Å². The number of nitrogens with zero attached hydrogens (tertiary/aromatic N) is 2. The Hall–Kier alpha value is -1.55. The van der Waals surface area contributed by atoms with Crippen molar-refractivity contribution >= 4 is 6.03 Å². The summed E-state index contributed by atoms with van der Waals surface area (Å²) in [4.78, 5) is 16.8. The van der Waals surface area contributed by atoms with Gasteiger partial charge in [0.05, 0.1) is 0 Å². The van der Waals surface area contributed by atoms with Crippen LogP contribution < -0.4 is 5.32 Å². The molecule has 0 bridgehead atoms. The average molecular weight is 344 g/mol. The molecule has 2 aliphatic rings. The van der Waals surface area contributed by atoms with E-state index in [4.69, 9.17) is 0 Å². The van der Waals surface area contributed by atoms with E-state index in [1.54, 1.807) is 0 Å². The summed E-state index contributed by atoms with van der Waals surface area (Å²) in [5.74, 6) is 1.62. The highest BCUT2D eigenvalue weighted by Gasteiger charge is 2.25. The predicted octanol–water partition coefficient (Wildman–Crippen LogP) is 3.86. The summed E-state index contributed by atoms with van der Waals surface area (Å²) in [5, 5.41) is 3.07. The summed E-state index contributed by atoms with van der Waals surface area (Å²) in [7, 11) is 0. The second-order valence-electron chi connectivity index (χ2n) is 7.92. The Labute approximate surface area is 152 Å². The van der Waals surface area contributed by atoms with E-state index in [0.717, 1.165) is 31.5 Å². The van der Waals surface area contributed by atoms with Crippen LogP contribution in [-0.4, -0.2) is 42.0 Å². The monoisotopic (exact) mass is 343 g/mol. The fraction of sp³-hybridized carbons (Fsp3) is 0.667. The smallest absolute Gasteiger partial charge is 0.317 e. The first kappa shape index (κ1) is 18.2. The zero-order chi connectivity index (χ0) is 17.6. The third-order valence-corrected chi connectivity index (χ3v) is 5.59. The topological polar surface area (TPSA) is 35.6 Å². The van der Waals surface area contributed by atoms with Gasteiger partial charge in [0.15, 0.2) is 0 Å². The van der Waals surface area contributed by atoms with E-state index >= 15 is 0 Å². The number of carbonyl (C=O) groups excluding carboxylic acids is 1. The highest BCUT2D eigenvalue weighted by molar-refractivity contribution is 5.74. The van der Waals surface area contributed by atoms with Crippen LogP contribution >= 0.6 is 0 Å². The fourth-order valence-electron chi connectivity index (χ4n) is 3.50. The minimum atomic E-state index is 0.0703. The number of hydrogen-bond donors (Lipinski definition) is 1. The number of urea groups is 1. The number of rotatable bonds is 7. The second-order valence-corrected chi connectivity index (χ2v) is 7.92. The lowest BCUT2D eigenvalue weighted by Crippen LogP contribution is -2.40. The molecule has 4 heteroatoms. The summed E-state index contributed by atoms with van der Waals surface area (Å²) in [6.07, 6.45) is 5.19. The van der Waals surface area contributed by atoms with Crippen LogP contribution in [0.25, 0.3) is 0 Å². The molecule has 3 rings (SSSR count). The van der Waals surface area contributed by atoms with E-state index in [-0.39, 0.29) is 6.03 Å². The Balaban J connectivity index is 1.43. The van der Waals surface area contributed by atoms with Crippen LogP contribution in [0.1, 0.15) is 50.7 Å². The molecule has 1 N–H and O–H groups in total. The van der Waals surface area contributed by atoms with Crippen molar-refractivity contribution in [2.45, 2.75) is 52.6 Å². The molecule has 2 fully saturated rings. The normalized spacial score (nSPS) is 19.0. The van der Waals surface area contributed by atoms with Crippen molar-refractivity contribution in [2.75, 3.05) is 26.2 Å². The Morgan fingerprint density at radius 3 is 2.36 bits per heavy atom. The van der Waals surface area contributed by atoms with Gasteiger partial charge in [-0.1, -0.05) is 31.2 Å². The Morgan fingerprint density at radius 2 is 1.76 bits per heavy atom. The Morgan fingerprint density at radius 1 is 1.12 bits per heavy atom. The van der Waals surface area contributed by atoms with Crippen molar-refractivity contribution in [2.24, 2.45) is 11.8 Å². The maximum absolute atomic E-state index is 12.3. The largest absolute Gasteiger partial charge is 0.334 e. The summed E-state index contributed by atoms with van der Waals surface area (Å²) >= 11 is 0. The van der Waals surface area contributed by atoms with Gasteiger partial charge in [0.1, 0.15) is 0 Å². The van der Waals surface area contributed by atoms with Gasteiger partial charge in [-0.15, -0.1) is 0 Å². The van der Waals surface area contributed by atoms with Gasteiger partial charge in [-0.2, -0.15) is 0 Å². The predicted molar refractivity (Wildman–Crippen MR) is 102 cm³/mol. The molecule has 1 saturated carbocycles. The summed E-state index contributed by atoms with van der Waals surface area (Å²) in [5.41, 5.74) is 2.54. The molecule has 0 spiro atoms. The van der Waals surface area contributed by atoms with Crippen LogP contribution in [0.5, 0.6) is 0 Å². The third kappa shape index (κ3) is 5.74. The van der Waals surface area contributed by atoms with Crippen LogP contribution in [0.4, 0.5) is 4.79 Å². The average Bonchev–Trinajstić information content (AvgIpc) is 3.45. The third-order valence-electron chi connectivity index (χ3n) is 5.59. The molecule has 1 aliphatic heterocycles. The zero-order valence-electron chi connectivity index (χ0n) is 15.8. The molecule has 0 atom stereocenters. The van der Waals surface area contributed by atoms with Crippen molar-refractivity contribution < 1.29 is 4.79 Å². The van der Waals surface area contributed by atoms with E-state index < -0.39 is 0 Å². The number of piperidine rings is 1. The van der Waals surface area contributed by atoms with E-state index in [1.807, 2.05) is 4.90 Å². The van der Waals surface area contributed by atoms with E-state index in [2.05, 4.69) is 48.3 Å². The highest BCUT2D eigenvalue weighted by atomic mass is 16.2. The highest BCUT2D eigenvalue weighted by Crippen LogP contribution is 2.29. The van der Waals surface area contributed by atoms with Crippen LogP contribution in [0, 0.1) is 11.8 Å². The van der Waals surface area contributed by atoms with Crippen molar-refractivity contribution in [1.29, 1.82) is 0 Å². The number of benzene rings is 1. The summed E-state index contributed by atoms with van der Waals surface area (Å²) < 4.78 is 0. The van der Waals surface area contributed by atoms with Crippen molar-refractivity contribution in [3.05, 3.63) is 35.4 Å². The molecule has 4 nitrogen and oxygen atoms in total. The number of likely N-dealkylation sites (tertiary alicyclic amines) is 1. The second kappa shape index (κ2) is 8.70. The lowest BCUT2D eigenvalue weighted by molar-refractivity contribution is 0.185. The van der Waals surface area contributed by atoms with Crippen LogP contribution in [-0.2, 0) is 13.1 Å². The molecule has 138 valence electrons. The zero-order valence-corrected chi connectivity index (χ0v) is 15.8. The quantitative estimate of drug-likeness (QED) is 0.816. The molecule has 0 radical (unpaired) electrons. The molecule has 1 saturated heterocycles. The minimum Gasteiger partial charge on any atom is -0.334 e. The summed E-state index contributed by atoms with van der Waals surface area (Å²) in [6.45, 7) is 10.2. The maximum Gasteiger partial charge on any atom is 0.317 e. The van der Waals surface area contributed by atoms with Gasteiger partial charge >= 0.3 is 6.03 Å². The molecule has 0 unspecified atom stereocenters. The first-order valence-electron chi connectivity index (χ1n) is 9.97. The maximum atomic E-state index is 12.3. The van der Waals surface area contributed by atoms with Gasteiger partial charge in [-0.05, 0) is 68.7 Å². The van der Waals surface area contributed by atoms with E-state index in [1.165, 1.54) is 49.9 Å². The fourth-order valence-corrected chi connectivity index (χ4v) is 3.50. The van der Waals surface area contributed by atoms with E-state index in [0.29, 0.717) is 6.54 Å². The minimum absolute atomic E-state index is 0.0703. The number of hydrogen-bond acceptors (Lipinski definition) is 2. The van der Waals surface area contributed by atoms with Crippen molar-refractivity contribution in [3.8, 4) is 0 Å². The molecule has 1 aromatic carbocycles. The molecular weight excluding hydrogens is 310 g/mol. The SMILES string of the molecule is CCN(CC1CC1)C(=O)NCc1ccc(CN2CCC(C)CC2)cc1. The van der Waals surface area contributed by atoms with Crippen LogP contribution in [0.15, 0.2) is 24.3 Å². The van der Waals surface area contributed by atoms with Gasteiger partial charge in [0.25, 0.3) is 0 Å². The van der Waals surface area contributed by atoms with E-state index in [9.17, 15) is 4.79 Å². The molecular formula is C21H33N3O. The number of amides is 2. The molecule has 25 heavy (non-hydrogen) atoms. The number of nitrogens with one attached hydrogen (secondary N) is 1. The lowest BCUT2D eigenvalue weighted by Gasteiger charge is -2.30.